The highest BCUT2D eigenvalue weighted by Gasteiger charge is 2.24. The molecule has 10 nitrogen and oxygen atoms in total. The molecule has 124 valence electrons. The Balaban J connectivity index is 0.000000406. The van der Waals surface area contributed by atoms with E-state index in [-0.39, 0.29) is 4.90 Å². The molecule has 0 amide bonds. The van der Waals surface area contributed by atoms with Crippen LogP contribution in [0.1, 0.15) is 6.42 Å². The molecular weight excluding hydrogens is 344 g/mol. The van der Waals surface area contributed by atoms with E-state index in [4.69, 9.17) is 4.55 Å². The minimum atomic E-state index is -4.94. The van der Waals surface area contributed by atoms with Gasteiger partial charge in [-0.1, -0.05) is 18.2 Å². The average molecular weight is 353 g/mol. The van der Waals surface area contributed by atoms with Crippen molar-refractivity contribution in [2.75, 3.05) is 0 Å². The van der Waals surface area contributed by atoms with E-state index in [1.807, 2.05) is 0 Å². The van der Waals surface area contributed by atoms with Gasteiger partial charge in [0.1, 0.15) is 15.4 Å². The molecular formula is C10H9O10S2-3. The second-order valence-corrected chi connectivity index (χ2v) is 6.64. The lowest BCUT2D eigenvalue weighted by Gasteiger charge is -2.14. The summed E-state index contributed by atoms with van der Waals surface area (Å²) in [6.07, 6.45) is -1.33. The summed E-state index contributed by atoms with van der Waals surface area (Å²) >= 11 is 0. The first-order valence-corrected chi connectivity index (χ1v) is 8.14. The minimum absolute atomic E-state index is 0.185. The van der Waals surface area contributed by atoms with Gasteiger partial charge in [-0.3, -0.25) is 4.55 Å². The molecule has 1 atom stereocenters. The first kappa shape index (κ1) is 20.0. The quantitative estimate of drug-likeness (QED) is 0.525. The van der Waals surface area contributed by atoms with Gasteiger partial charge in [0, 0.05) is 12.4 Å². The number of aliphatic carboxylic acids is 2. The molecule has 1 aromatic carbocycles. The van der Waals surface area contributed by atoms with Crippen molar-refractivity contribution in [3.63, 3.8) is 0 Å². The summed E-state index contributed by atoms with van der Waals surface area (Å²) in [5.41, 5.74) is 0. The van der Waals surface area contributed by atoms with Crippen LogP contribution in [0.4, 0.5) is 0 Å². The van der Waals surface area contributed by atoms with Crippen LogP contribution in [-0.4, -0.2) is 43.1 Å². The Labute approximate surface area is 125 Å². The highest BCUT2D eigenvalue weighted by atomic mass is 32.2. The Bertz CT molecular complexity index is 720. The Kier molecular flexibility index (Phi) is 7.12. The lowest BCUT2D eigenvalue weighted by atomic mass is 10.3. The predicted octanol–water partition coefficient (Wildman–Crippen LogP) is -3.28. The molecule has 0 aliphatic heterocycles. The fraction of sp³-hybridized carbons (Fsp3) is 0.200. The van der Waals surface area contributed by atoms with Gasteiger partial charge in [0.25, 0.3) is 10.1 Å². The average Bonchev–Trinajstić information content (AvgIpc) is 2.35. The highest BCUT2D eigenvalue weighted by Crippen LogP contribution is 2.05. The molecule has 0 aliphatic carbocycles. The SMILES string of the molecule is O=C([O-])CC(C(=O)[O-])S(=O)(=O)O.O=S(=O)([O-])c1ccccc1. The molecule has 0 bridgehead atoms. The highest BCUT2D eigenvalue weighted by molar-refractivity contribution is 7.87. The fourth-order valence-corrected chi connectivity index (χ4v) is 2.13. The van der Waals surface area contributed by atoms with E-state index in [9.17, 15) is 41.2 Å². The molecule has 0 spiro atoms. The molecule has 22 heavy (non-hydrogen) atoms. The molecule has 0 aromatic heterocycles. The van der Waals surface area contributed by atoms with E-state index in [2.05, 4.69) is 0 Å². The zero-order valence-corrected chi connectivity index (χ0v) is 12.2. The molecule has 12 heteroatoms. The van der Waals surface area contributed by atoms with Crippen molar-refractivity contribution in [2.45, 2.75) is 16.6 Å². The summed E-state index contributed by atoms with van der Waals surface area (Å²) in [7, 11) is -9.19. The Hall–Kier alpha value is -2.02. The number of rotatable bonds is 5. The second-order valence-electron chi connectivity index (χ2n) is 3.67. The summed E-state index contributed by atoms with van der Waals surface area (Å²) in [5, 5.41) is 17.3. The van der Waals surface area contributed by atoms with Crippen LogP contribution in [-0.2, 0) is 29.8 Å². The van der Waals surface area contributed by atoms with Gasteiger partial charge < -0.3 is 24.4 Å². The maximum absolute atomic E-state index is 10.3. The molecule has 0 saturated carbocycles. The van der Waals surface area contributed by atoms with E-state index in [1.165, 1.54) is 24.3 Å². The van der Waals surface area contributed by atoms with Crippen molar-refractivity contribution in [1.29, 1.82) is 0 Å². The molecule has 1 rings (SSSR count). The first-order valence-electron chi connectivity index (χ1n) is 5.23. The maximum atomic E-state index is 10.3. The van der Waals surface area contributed by atoms with Gasteiger partial charge >= 0.3 is 0 Å². The summed E-state index contributed by atoms with van der Waals surface area (Å²) in [6, 6.07) is 7.19. The van der Waals surface area contributed by atoms with Gasteiger partial charge in [-0.2, -0.15) is 8.42 Å². The maximum Gasteiger partial charge on any atom is 0.273 e. The first-order chi connectivity index (χ1) is 9.85. The molecule has 1 unspecified atom stereocenters. The number of carboxylic acids is 2. The Morgan fingerprint density at radius 2 is 1.50 bits per heavy atom. The van der Waals surface area contributed by atoms with Gasteiger partial charge in [0.05, 0.1) is 10.9 Å². The van der Waals surface area contributed by atoms with Crippen molar-refractivity contribution >= 4 is 32.2 Å². The van der Waals surface area contributed by atoms with Gasteiger partial charge in [-0.25, -0.2) is 8.42 Å². The zero-order valence-electron chi connectivity index (χ0n) is 10.6. The number of hydrogen-bond donors (Lipinski definition) is 1. The fourth-order valence-electron chi connectivity index (χ4n) is 1.05. The molecule has 0 fully saturated rings. The third-order valence-electron chi connectivity index (χ3n) is 2.01. The van der Waals surface area contributed by atoms with Crippen molar-refractivity contribution in [2.24, 2.45) is 0 Å². The Morgan fingerprint density at radius 1 is 1.05 bits per heavy atom. The monoisotopic (exact) mass is 353 g/mol. The molecule has 0 heterocycles. The largest absolute Gasteiger partial charge is 0.744 e. The summed E-state index contributed by atoms with van der Waals surface area (Å²) < 4.78 is 59.3. The van der Waals surface area contributed by atoms with Gasteiger partial charge in [-0.15, -0.1) is 0 Å². The topological polar surface area (TPSA) is 192 Å². The molecule has 0 aliphatic rings. The molecule has 1 N–H and O–H groups in total. The van der Waals surface area contributed by atoms with Crippen molar-refractivity contribution in [3.8, 4) is 0 Å². The van der Waals surface area contributed by atoms with Gasteiger partial charge in [-0.05, 0) is 12.1 Å². The van der Waals surface area contributed by atoms with Crippen LogP contribution < -0.4 is 10.2 Å². The van der Waals surface area contributed by atoms with Crippen LogP contribution >= 0.6 is 0 Å². The van der Waals surface area contributed by atoms with Crippen molar-refractivity contribution in [3.05, 3.63) is 30.3 Å². The normalized spacial score (nSPS) is 12.6. The predicted molar refractivity (Wildman–Crippen MR) is 64.4 cm³/mol. The number of carbonyl (C=O) groups is 2. The van der Waals surface area contributed by atoms with E-state index < -0.39 is 43.8 Å². The minimum Gasteiger partial charge on any atom is -0.744 e. The van der Waals surface area contributed by atoms with Crippen molar-refractivity contribution in [1.82, 2.24) is 0 Å². The number of benzene rings is 1. The molecule has 0 radical (unpaired) electrons. The van der Waals surface area contributed by atoms with Crippen LogP contribution in [0, 0.1) is 0 Å². The summed E-state index contributed by atoms with van der Waals surface area (Å²) in [5.74, 6) is -4.08. The zero-order chi connectivity index (χ0) is 17.6. The summed E-state index contributed by atoms with van der Waals surface area (Å²) in [6.45, 7) is 0. The summed E-state index contributed by atoms with van der Waals surface area (Å²) in [4.78, 5) is 19.5. The third-order valence-corrected chi connectivity index (χ3v) is 3.93. The van der Waals surface area contributed by atoms with E-state index in [0.29, 0.717) is 0 Å². The second kappa shape index (κ2) is 7.84. The van der Waals surface area contributed by atoms with Crippen LogP contribution in [0.2, 0.25) is 0 Å². The number of hydrogen-bond acceptors (Lipinski definition) is 9. The lowest BCUT2D eigenvalue weighted by molar-refractivity contribution is -0.314. The van der Waals surface area contributed by atoms with Crippen LogP contribution in [0.25, 0.3) is 0 Å². The molecule has 0 saturated heterocycles. The number of carboxylic acid groups (broad SMARTS) is 2. The van der Waals surface area contributed by atoms with Crippen LogP contribution in [0.5, 0.6) is 0 Å². The van der Waals surface area contributed by atoms with E-state index in [0.717, 1.165) is 0 Å². The van der Waals surface area contributed by atoms with E-state index >= 15 is 0 Å². The van der Waals surface area contributed by atoms with E-state index in [1.54, 1.807) is 6.07 Å². The third kappa shape index (κ3) is 7.68. The smallest absolute Gasteiger partial charge is 0.273 e. The lowest BCUT2D eigenvalue weighted by Crippen LogP contribution is -2.44. The van der Waals surface area contributed by atoms with Crippen molar-refractivity contribution < 1.29 is 45.7 Å². The van der Waals surface area contributed by atoms with Gasteiger partial charge in [0.15, 0.2) is 0 Å². The molecule has 1 aromatic rings. The van der Waals surface area contributed by atoms with Crippen LogP contribution in [0.15, 0.2) is 35.2 Å². The van der Waals surface area contributed by atoms with Gasteiger partial charge in [0.2, 0.25) is 0 Å². The number of carbonyl (C=O) groups excluding carboxylic acids is 2. The van der Waals surface area contributed by atoms with Crippen LogP contribution in [0.3, 0.4) is 0 Å². The standard InChI is InChI=1S/C6H6O3S.C4H6O7S/c7-10(8,9)6-4-2-1-3-5-6;5-3(6)1-2(4(7)8)12(9,10)11/h1-5H,(H,7,8,9);2H,1H2,(H,5,6)(H,7,8)(H,9,10,11)/p-3. The Morgan fingerprint density at radius 3 is 1.68 bits per heavy atom.